The highest BCUT2D eigenvalue weighted by Crippen LogP contribution is 2.17. The lowest BCUT2D eigenvalue weighted by Crippen LogP contribution is -2.41. The van der Waals surface area contributed by atoms with E-state index in [-0.39, 0.29) is 13.4 Å². The summed E-state index contributed by atoms with van der Waals surface area (Å²) in [7, 11) is 1.99. The van der Waals surface area contributed by atoms with E-state index in [4.69, 9.17) is 0 Å². The fourth-order valence-corrected chi connectivity index (χ4v) is 2.09. The minimum Gasteiger partial charge on any atom is -0.324 e. The van der Waals surface area contributed by atoms with E-state index >= 15 is 0 Å². The lowest BCUT2D eigenvalue weighted by atomic mass is 10.1. The maximum atomic E-state index is 12.1. The Morgan fingerprint density at radius 1 is 1.53 bits per heavy atom. The average molecular weight is 236 g/mol. The number of likely N-dealkylation sites (N-methyl/N-ethyl adjacent to an activating group) is 1. The lowest BCUT2D eigenvalue weighted by molar-refractivity contribution is -0.124. The van der Waals surface area contributed by atoms with Gasteiger partial charge >= 0.3 is 0 Å². The van der Waals surface area contributed by atoms with E-state index in [0.717, 1.165) is 36.2 Å². The third-order valence-electron chi connectivity index (χ3n) is 3.20. The molecule has 3 heteroatoms. The summed E-state index contributed by atoms with van der Waals surface area (Å²) in [6.45, 7) is 12.4. The van der Waals surface area contributed by atoms with Gasteiger partial charge in [0.05, 0.1) is 6.04 Å². The Morgan fingerprint density at radius 2 is 2.18 bits per heavy atom. The van der Waals surface area contributed by atoms with Crippen LogP contribution in [0.15, 0.2) is 36.1 Å². The van der Waals surface area contributed by atoms with Crippen LogP contribution >= 0.6 is 0 Å². The highest BCUT2D eigenvalue weighted by atomic mass is 16.2. The maximum Gasteiger partial charge on any atom is 0.241 e. The van der Waals surface area contributed by atoms with Gasteiger partial charge in [0.15, 0.2) is 0 Å². The minimum absolute atomic E-state index is 0. The molecule has 0 bridgehead atoms. The van der Waals surface area contributed by atoms with Crippen molar-refractivity contribution < 1.29 is 6.22 Å². The van der Waals surface area contributed by atoms with Crippen LogP contribution in [0.2, 0.25) is 0 Å². The predicted octanol–water partition coefficient (Wildman–Crippen LogP) is 2.48. The second kappa shape index (κ2) is 5.82. The van der Waals surface area contributed by atoms with Gasteiger partial charge in [0.1, 0.15) is 0 Å². The minimum atomic E-state index is -0.0121. The van der Waals surface area contributed by atoms with E-state index in [9.17, 15) is 4.79 Å². The van der Waals surface area contributed by atoms with E-state index in [1.807, 2.05) is 20.9 Å². The number of nitrogens with one attached hydrogen (secondary N) is 1. The van der Waals surface area contributed by atoms with E-state index in [1.54, 1.807) is 6.08 Å². The molecule has 0 radical (unpaired) electrons. The molecule has 1 saturated heterocycles. The zero-order valence-corrected chi connectivity index (χ0v) is 11.0. The van der Waals surface area contributed by atoms with Crippen molar-refractivity contribution in [3.63, 3.8) is 0 Å². The zero-order chi connectivity index (χ0) is 13.0. The van der Waals surface area contributed by atoms with Crippen LogP contribution in [0, 0.1) is 0 Å². The molecular weight excluding hydrogens is 212 g/mol. The number of hydrogen-bond acceptors (Lipinski definition) is 2. The summed E-state index contributed by atoms with van der Waals surface area (Å²) >= 11 is 0. The van der Waals surface area contributed by atoms with Gasteiger partial charge in [-0.3, -0.25) is 9.69 Å². The summed E-state index contributed by atoms with van der Waals surface area (Å²) in [6.07, 6.45) is 3.75. The van der Waals surface area contributed by atoms with Crippen molar-refractivity contribution in [1.82, 2.24) is 10.2 Å². The van der Waals surface area contributed by atoms with E-state index in [1.165, 1.54) is 0 Å². The fraction of sp³-hybridized carbons (Fsp3) is 0.500. The molecule has 0 aromatic carbocycles. The topological polar surface area (TPSA) is 32.3 Å². The molecule has 0 spiro atoms. The molecule has 1 atom stereocenters. The first-order valence-corrected chi connectivity index (χ1v) is 5.97. The first-order chi connectivity index (χ1) is 7.97. The van der Waals surface area contributed by atoms with Crippen molar-refractivity contribution in [2.24, 2.45) is 0 Å². The van der Waals surface area contributed by atoms with Gasteiger partial charge in [0.25, 0.3) is 0 Å². The second-order valence-electron chi connectivity index (χ2n) is 4.67. The monoisotopic (exact) mass is 236 g/mol. The molecule has 0 saturated carbocycles. The third kappa shape index (κ3) is 3.30. The number of nitrogens with zero attached hydrogens (tertiary/aromatic N) is 1. The van der Waals surface area contributed by atoms with Crippen molar-refractivity contribution in [2.45, 2.75) is 32.7 Å². The number of carbonyl (C=O) groups excluding carboxylic acids is 1. The number of rotatable bonds is 4. The van der Waals surface area contributed by atoms with Crippen molar-refractivity contribution in [1.29, 1.82) is 0 Å². The average Bonchev–Trinajstić information content (AvgIpc) is 2.70. The Morgan fingerprint density at radius 3 is 2.59 bits per heavy atom. The van der Waals surface area contributed by atoms with Crippen LogP contribution in [0.5, 0.6) is 0 Å². The molecule has 1 aliphatic rings. The van der Waals surface area contributed by atoms with Crippen LogP contribution in [0.1, 0.15) is 28.1 Å². The largest absolute Gasteiger partial charge is 0.324 e. The van der Waals surface area contributed by atoms with Crippen LogP contribution in [-0.2, 0) is 4.79 Å². The molecule has 0 aromatic rings. The summed E-state index contributed by atoms with van der Waals surface area (Å²) in [5, 5.41) is 2.97. The molecular formula is C14H24N2O. The van der Waals surface area contributed by atoms with E-state index in [0.29, 0.717) is 0 Å². The molecule has 3 nitrogen and oxygen atoms in total. The van der Waals surface area contributed by atoms with Gasteiger partial charge in [-0.05, 0) is 51.4 Å². The van der Waals surface area contributed by atoms with Crippen LogP contribution in [0.25, 0.3) is 0 Å². The molecule has 1 fully saturated rings. The van der Waals surface area contributed by atoms with Crippen molar-refractivity contribution in [2.75, 3.05) is 13.6 Å². The van der Waals surface area contributed by atoms with Gasteiger partial charge in [0, 0.05) is 7.12 Å². The van der Waals surface area contributed by atoms with E-state index in [2.05, 4.69) is 23.4 Å². The molecule has 1 aliphatic heterocycles. The highest BCUT2D eigenvalue weighted by molar-refractivity contribution is 5.84. The smallest absolute Gasteiger partial charge is 0.241 e. The lowest BCUT2D eigenvalue weighted by Gasteiger charge is -2.20. The Hall–Kier alpha value is -1.35. The van der Waals surface area contributed by atoms with Gasteiger partial charge in [0.2, 0.25) is 5.91 Å². The summed E-state index contributed by atoms with van der Waals surface area (Å²) in [5.74, 6) is 0.0594. The quantitative estimate of drug-likeness (QED) is 0.761. The standard InChI is InChI=1S/C14H22N2O.H2/c1-6-11(4)13(10(2)3)15-14(17)12-8-7-9-16(12)5;/h6,12H,1-2,7-9H2,3-5H3,(H,15,17);1H/b13-11+;. The summed E-state index contributed by atoms with van der Waals surface area (Å²) in [4.78, 5) is 14.2. The van der Waals surface area contributed by atoms with Gasteiger partial charge in [-0.1, -0.05) is 19.2 Å². The Balaban J connectivity index is 0.00000289. The van der Waals surface area contributed by atoms with Crippen molar-refractivity contribution in [3.05, 3.63) is 36.1 Å². The SMILES string of the molecule is C=C/C(C)=C(/NC(=O)C1CCCN1C)C(=C)C.[HH]. The summed E-state index contributed by atoms with van der Waals surface area (Å²) < 4.78 is 0. The van der Waals surface area contributed by atoms with Crippen molar-refractivity contribution in [3.8, 4) is 0 Å². The first-order valence-electron chi connectivity index (χ1n) is 5.97. The molecule has 0 aromatic heterocycles. The van der Waals surface area contributed by atoms with Gasteiger partial charge in [-0.25, -0.2) is 0 Å². The van der Waals surface area contributed by atoms with Crippen molar-refractivity contribution >= 4 is 5.91 Å². The molecule has 0 aliphatic carbocycles. The molecule has 1 unspecified atom stereocenters. The Kier molecular flexibility index (Phi) is 4.70. The predicted molar refractivity (Wildman–Crippen MR) is 73.6 cm³/mol. The summed E-state index contributed by atoms with van der Waals surface area (Å²) in [6, 6.07) is -0.0121. The molecule has 1 rings (SSSR count). The van der Waals surface area contributed by atoms with Crippen LogP contribution < -0.4 is 5.32 Å². The van der Waals surface area contributed by atoms with Crippen LogP contribution in [0.4, 0.5) is 0 Å². The maximum absolute atomic E-state index is 12.1. The Labute approximate surface area is 105 Å². The van der Waals surface area contributed by atoms with Gasteiger partial charge in [-0.15, -0.1) is 0 Å². The van der Waals surface area contributed by atoms with E-state index < -0.39 is 0 Å². The molecule has 1 heterocycles. The molecule has 96 valence electrons. The zero-order valence-electron chi connectivity index (χ0n) is 11.0. The summed E-state index contributed by atoms with van der Waals surface area (Å²) in [5.41, 5.74) is 2.60. The fourth-order valence-electron chi connectivity index (χ4n) is 2.09. The van der Waals surface area contributed by atoms with Crippen LogP contribution in [0.3, 0.4) is 0 Å². The normalized spacial score (nSPS) is 21.9. The number of likely N-dealkylation sites (tertiary alicyclic amines) is 1. The highest BCUT2D eigenvalue weighted by Gasteiger charge is 2.28. The molecule has 17 heavy (non-hydrogen) atoms. The van der Waals surface area contributed by atoms with Crippen LogP contribution in [-0.4, -0.2) is 30.4 Å². The number of amides is 1. The number of hydrogen-bond donors (Lipinski definition) is 1. The third-order valence-corrected chi connectivity index (χ3v) is 3.20. The first kappa shape index (κ1) is 13.7. The van der Waals surface area contributed by atoms with Gasteiger partial charge < -0.3 is 5.32 Å². The second-order valence-corrected chi connectivity index (χ2v) is 4.67. The molecule has 1 amide bonds. The van der Waals surface area contributed by atoms with Gasteiger partial charge in [-0.2, -0.15) is 0 Å². The Bertz CT molecular complexity index is 374. The number of allylic oxidation sites excluding steroid dienone is 3. The number of carbonyl (C=O) groups is 1. The molecule has 1 N–H and O–H groups in total.